The predicted molar refractivity (Wildman–Crippen MR) is 116 cm³/mol. The van der Waals surface area contributed by atoms with E-state index >= 15 is 0 Å². The minimum Gasteiger partial charge on any atom is -0.339 e. The van der Waals surface area contributed by atoms with Gasteiger partial charge in [0.25, 0.3) is 5.91 Å². The quantitative estimate of drug-likeness (QED) is 0.714. The number of carbonyl (C=O) groups excluding carboxylic acids is 2. The summed E-state index contributed by atoms with van der Waals surface area (Å²) in [4.78, 5) is 26.7. The van der Waals surface area contributed by atoms with Crippen LogP contribution in [0, 0.1) is 5.92 Å². The summed E-state index contributed by atoms with van der Waals surface area (Å²) >= 11 is 5.28. The van der Waals surface area contributed by atoms with E-state index < -0.39 is 0 Å². The molecule has 0 radical (unpaired) electrons. The minimum atomic E-state index is -0.0383. The van der Waals surface area contributed by atoms with Crippen LogP contribution in [0.4, 0.5) is 5.69 Å². The van der Waals surface area contributed by atoms with Crippen LogP contribution < -0.4 is 10.6 Å². The maximum absolute atomic E-state index is 12.6. The van der Waals surface area contributed by atoms with Crippen molar-refractivity contribution >= 4 is 34.8 Å². The molecule has 152 valence electrons. The lowest BCUT2D eigenvalue weighted by Crippen LogP contribution is -2.36. The Morgan fingerprint density at radius 3 is 2.50 bits per heavy atom. The van der Waals surface area contributed by atoms with Crippen molar-refractivity contribution in [3.63, 3.8) is 0 Å². The van der Waals surface area contributed by atoms with E-state index in [1.807, 2.05) is 23.1 Å². The summed E-state index contributed by atoms with van der Waals surface area (Å²) in [5, 5.41) is 6.09. The van der Waals surface area contributed by atoms with E-state index in [4.69, 9.17) is 12.2 Å². The van der Waals surface area contributed by atoms with Crippen LogP contribution in [0.15, 0.2) is 24.3 Å². The maximum Gasteiger partial charge on any atom is 0.253 e. The lowest BCUT2D eigenvalue weighted by Gasteiger charge is -2.26. The van der Waals surface area contributed by atoms with Gasteiger partial charge in [0.15, 0.2) is 5.11 Å². The molecule has 1 heterocycles. The number of hydrogen-bond donors (Lipinski definition) is 2. The van der Waals surface area contributed by atoms with Crippen molar-refractivity contribution in [1.82, 2.24) is 10.2 Å². The third-order valence-electron chi connectivity index (χ3n) is 5.77. The monoisotopic (exact) mass is 401 g/mol. The van der Waals surface area contributed by atoms with Gasteiger partial charge in [0.05, 0.1) is 0 Å². The second kappa shape index (κ2) is 10.6. The van der Waals surface area contributed by atoms with Crippen LogP contribution in [0.2, 0.25) is 0 Å². The van der Waals surface area contributed by atoms with Gasteiger partial charge in [-0.2, -0.15) is 0 Å². The van der Waals surface area contributed by atoms with Gasteiger partial charge in [-0.25, -0.2) is 0 Å². The van der Waals surface area contributed by atoms with E-state index in [9.17, 15) is 9.59 Å². The number of hydrogen-bond acceptors (Lipinski definition) is 3. The van der Waals surface area contributed by atoms with Crippen LogP contribution in [0.3, 0.4) is 0 Å². The molecule has 2 N–H and O–H groups in total. The molecule has 0 aromatic heterocycles. The molecule has 2 amide bonds. The normalized spacial score (nSPS) is 17.8. The number of piperidine rings is 1. The zero-order valence-electron chi connectivity index (χ0n) is 16.5. The van der Waals surface area contributed by atoms with Crippen LogP contribution in [0.5, 0.6) is 0 Å². The van der Waals surface area contributed by atoms with E-state index in [0.29, 0.717) is 17.9 Å². The number of nitrogens with one attached hydrogen (secondary N) is 2. The molecule has 2 fully saturated rings. The van der Waals surface area contributed by atoms with Gasteiger partial charge in [0, 0.05) is 30.8 Å². The Morgan fingerprint density at radius 2 is 1.75 bits per heavy atom. The van der Waals surface area contributed by atoms with Crippen LogP contribution >= 0.6 is 12.2 Å². The Bertz CT molecular complexity index is 695. The predicted octanol–water partition coefficient (Wildman–Crippen LogP) is 4.49. The van der Waals surface area contributed by atoms with Crippen molar-refractivity contribution in [2.24, 2.45) is 5.92 Å². The van der Waals surface area contributed by atoms with Crippen LogP contribution in [-0.4, -0.2) is 34.9 Å². The molecule has 0 atom stereocenters. The van der Waals surface area contributed by atoms with Gasteiger partial charge >= 0.3 is 0 Å². The molecule has 2 aliphatic rings. The Kier molecular flexibility index (Phi) is 7.83. The molecule has 1 aliphatic carbocycles. The molecular weight excluding hydrogens is 370 g/mol. The van der Waals surface area contributed by atoms with E-state index in [1.165, 1.54) is 38.5 Å². The Balaban J connectivity index is 1.46. The Hall–Kier alpha value is -1.95. The fourth-order valence-corrected chi connectivity index (χ4v) is 4.40. The Labute approximate surface area is 173 Å². The first kappa shape index (κ1) is 20.8. The maximum atomic E-state index is 12.6. The van der Waals surface area contributed by atoms with Gasteiger partial charge in [0.1, 0.15) is 0 Å². The van der Waals surface area contributed by atoms with Crippen molar-refractivity contribution in [3.05, 3.63) is 29.8 Å². The standard InChI is InChI=1S/C22H31N3O2S/c26-20(13-12-17-8-3-1-4-9-17)24-22(28)23-19-11-7-10-18(16-19)21(27)25-14-5-2-6-15-25/h7,10-11,16-17H,1-6,8-9,12-15H2,(H2,23,24,26,28). The van der Waals surface area contributed by atoms with Gasteiger partial charge < -0.3 is 15.5 Å². The lowest BCUT2D eigenvalue weighted by molar-refractivity contribution is -0.120. The summed E-state index contributed by atoms with van der Waals surface area (Å²) in [6, 6.07) is 7.33. The largest absolute Gasteiger partial charge is 0.339 e. The third kappa shape index (κ3) is 6.30. The van der Waals surface area contributed by atoms with Gasteiger partial charge in [0.2, 0.25) is 5.91 Å². The Morgan fingerprint density at radius 1 is 1.04 bits per heavy atom. The highest BCUT2D eigenvalue weighted by molar-refractivity contribution is 7.80. The van der Waals surface area contributed by atoms with E-state index in [1.54, 1.807) is 6.07 Å². The number of likely N-dealkylation sites (tertiary alicyclic amines) is 1. The van der Waals surface area contributed by atoms with Gasteiger partial charge in [-0.3, -0.25) is 9.59 Å². The minimum absolute atomic E-state index is 0.0383. The molecular formula is C22H31N3O2S. The number of carbonyl (C=O) groups is 2. The first-order valence-electron chi connectivity index (χ1n) is 10.6. The fourth-order valence-electron chi connectivity index (χ4n) is 4.17. The number of nitrogens with zero attached hydrogens (tertiary/aromatic N) is 1. The average molecular weight is 402 g/mol. The smallest absolute Gasteiger partial charge is 0.253 e. The second-order valence-corrected chi connectivity index (χ2v) is 8.39. The first-order valence-corrected chi connectivity index (χ1v) is 11.0. The average Bonchev–Trinajstić information content (AvgIpc) is 2.73. The number of benzene rings is 1. The second-order valence-electron chi connectivity index (χ2n) is 7.98. The number of anilines is 1. The fraction of sp³-hybridized carbons (Fsp3) is 0.591. The molecule has 1 saturated carbocycles. The van der Waals surface area contributed by atoms with Crippen molar-refractivity contribution in [2.75, 3.05) is 18.4 Å². The zero-order chi connectivity index (χ0) is 19.8. The van der Waals surface area contributed by atoms with Crippen LogP contribution in [0.25, 0.3) is 0 Å². The molecule has 0 unspecified atom stereocenters. The van der Waals surface area contributed by atoms with Gasteiger partial charge in [-0.15, -0.1) is 0 Å². The third-order valence-corrected chi connectivity index (χ3v) is 5.97. The van der Waals surface area contributed by atoms with Crippen LogP contribution in [-0.2, 0) is 4.79 Å². The van der Waals surface area contributed by atoms with Crippen LogP contribution in [0.1, 0.15) is 74.6 Å². The topological polar surface area (TPSA) is 61.4 Å². The first-order chi connectivity index (χ1) is 13.6. The van der Waals surface area contributed by atoms with E-state index in [0.717, 1.165) is 38.0 Å². The lowest BCUT2D eigenvalue weighted by atomic mass is 9.86. The molecule has 0 bridgehead atoms. The molecule has 5 nitrogen and oxygen atoms in total. The highest BCUT2D eigenvalue weighted by atomic mass is 32.1. The highest BCUT2D eigenvalue weighted by Crippen LogP contribution is 2.27. The number of amides is 2. The molecule has 6 heteroatoms. The summed E-state index contributed by atoms with van der Waals surface area (Å²) in [6.07, 6.45) is 11.2. The summed E-state index contributed by atoms with van der Waals surface area (Å²) in [6.45, 7) is 1.65. The number of thiocarbonyl (C=S) groups is 1. The summed E-state index contributed by atoms with van der Waals surface area (Å²) < 4.78 is 0. The van der Waals surface area contributed by atoms with Crippen molar-refractivity contribution < 1.29 is 9.59 Å². The molecule has 3 rings (SSSR count). The number of rotatable bonds is 5. The van der Waals surface area contributed by atoms with Crippen molar-refractivity contribution in [2.45, 2.75) is 64.2 Å². The molecule has 1 aromatic rings. The van der Waals surface area contributed by atoms with Gasteiger partial charge in [-0.1, -0.05) is 38.2 Å². The SMILES string of the molecule is O=C(CCC1CCCCC1)NC(=S)Nc1cccc(C(=O)N2CCCCC2)c1. The zero-order valence-corrected chi connectivity index (χ0v) is 17.4. The molecule has 1 aromatic carbocycles. The molecule has 28 heavy (non-hydrogen) atoms. The molecule has 1 aliphatic heterocycles. The van der Waals surface area contributed by atoms with E-state index in [2.05, 4.69) is 10.6 Å². The highest BCUT2D eigenvalue weighted by Gasteiger charge is 2.19. The van der Waals surface area contributed by atoms with Crippen molar-refractivity contribution in [3.8, 4) is 0 Å². The van der Waals surface area contributed by atoms with Crippen molar-refractivity contribution in [1.29, 1.82) is 0 Å². The van der Waals surface area contributed by atoms with E-state index in [-0.39, 0.29) is 16.9 Å². The van der Waals surface area contributed by atoms with Gasteiger partial charge in [-0.05, 0) is 62.0 Å². The summed E-state index contributed by atoms with van der Waals surface area (Å²) in [5.74, 6) is 0.702. The molecule has 0 spiro atoms. The summed E-state index contributed by atoms with van der Waals surface area (Å²) in [5.41, 5.74) is 1.37. The molecule has 1 saturated heterocycles. The summed E-state index contributed by atoms with van der Waals surface area (Å²) in [7, 11) is 0.